The van der Waals surface area contributed by atoms with Crippen molar-refractivity contribution in [2.45, 2.75) is 19.3 Å². The van der Waals surface area contributed by atoms with Crippen LogP contribution in [0.2, 0.25) is 0 Å². The predicted molar refractivity (Wildman–Crippen MR) is 42.1 cm³/mol. The van der Waals surface area contributed by atoms with Crippen molar-refractivity contribution in [1.29, 1.82) is 0 Å². The van der Waals surface area contributed by atoms with Gasteiger partial charge in [-0.15, -0.1) is 0 Å². The molecule has 1 aromatic heterocycles. The molecular formula is C8H11NO3. The highest BCUT2D eigenvalue weighted by Crippen LogP contribution is 2.12. The van der Waals surface area contributed by atoms with E-state index in [1.807, 2.05) is 0 Å². The third-order valence-electron chi connectivity index (χ3n) is 1.49. The molecule has 0 amide bonds. The zero-order valence-corrected chi connectivity index (χ0v) is 6.95. The zero-order valence-electron chi connectivity index (χ0n) is 6.95. The minimum Gasteiger partial charge on any atom is -0.479 e. The van der Waals surface area contributed by atoms with Gasteiger partial charge in [0, 0.05) is 18.9 Å². The highest BCUT2D eigenvalue weighted by Gasteiger charge is 2.02. The molecule has 0 N–H and O–H groups in total. The summed E-state index contributed by atoms with van der Waals surface area (Å²) < 4.78 is 9.74. The van der Waals surface area contributed by atoms with Crippen LogP contribution in [0, 0.1) is 0 Å². The molecule has 0 aliphatic heterocycles. The lowest BCUT2D eigenvalue weighted by Crippen LogP contribution is -1.82. The van der Waals surface area contributed by atoms with Crippen LogP contribution in [-0.4, -0.2) is 18.6 Å². The van der Waals surface area contributed by atoms with Crippen molar-refractivity contribution in [3.8, 4) is 5.88 Å². The summed E-state index contributed by atoms with van der Waals surface area (Å²) in [6.45, 7) is 0. The Bertz CT molecular complexity index is 244. The third-order valence-corrected chi connectivity index (χ3v) is 1.49. The second-order valence-corrected chi connectivity index (χ2v) is 2.39. The smallest absolute Gasteiger partial charge is 0.254 e. The van der Waals surface area contributed by atoms with E-state index < -0.39 is 0 Å². The van der Waals surface area contributed by atoms with Crippen LogP contribution in [0.4, 0.5) is 0 Å². The van der Waals surface area contributed by atoms with Gasteiger partial charge in [0.25, 0.3) is 5.88 Å². The molecule has 0 aliphatic rings. The molecule has 1 rings (SSSR count). The molecule has 4 heteroatoms. The summed E-state index contributed by atoms with van der Waals surface area (Å²) in [7, 11) is 1.53. The molecule has 0 aromatic carbocycles. The summed E-state index contributed by atoms with van der Waals surface area (Å²) in [5.41, 5.74) is 0. The SMILES string of the molecule is COc1cc(CCCC=O)on1. The molecule has 4 nitrogen and oxygen atoms in total. The summed E-state index contributed by atoms with van der Waals surface area (Å²) in [5, 5.41) is 3.63. The van der Waals surface area contributed by atoms with E-state index in [1.54, 1.807) is 6.07 Å². The lowest BCUT2D eigenvalue weighted by Gasteiger charge is -1.88. The lowest BCUT2D eigenvalue weighted by atomic mass is 10.2. The summed E-state index contributed by atoms with van der Waals surface area (Å²) in [4.78, 5) is 9.99. The molecule has 0 unspecified atom stereocenters. The Morgan fingerprint density at radius 1 is 1.75 bits per heavy atom. The number of aryl methyl sites for hydroxylation is 1. The first kappa shape index (κ1) is 8.77. The summed E-state index contributed by atoms with van der Waals surface area (Å²) in [5.74, 6) is 1.24. The fourth-order valence-corrected chi connectivity index (χ4v) is 0.868. The Kier molecular flexibility index (Phi) is 3.32. The Hall–Kier alpha value is -1.32. The second-order valence-electron chi connectivity index (χ2n) is 2.39. The molecule has 12 heavy (non-hydrogen) atoms. The fourth-order valence-electron chi connectivity index (χ4n) is 0.868. The maximum Gasteiger partial charge on any atom is 0.254 e. The monoisotopic (exact) mass is 169 g/mol. The number of hydrogen-bond acceptors (Lipinski definition) is 4. The topological polar surface area (TPSA) is 52.3 Å². The standard InChI is InChI=1S/C8H11NO3/c1-11-8-6-7(12-9-8)4-2-3-5-10/h5-6H,2-4H2,1H3. The molecule has 0 bridgehead atoms. The number of hydrogen-bond donors (Lipinski definition) is 0. The number of aromatic nitrogens is 1. The Morgan fingerprint density at radius 2 is 2.58 bits per heavy atom. The number of carbonyl (C=O) groups is 1. The highest BCUT2D eigenvalue weighted by atomic mass is 16.5. The number of ether oxygens (including phenoxy) is 1. The van der Waals surface area contributed by atoms with Crippen LogP contribution in [0.3, 0.4) is 0 Å². The number of nitrogens with zero attached hydrogens (tertiary/aromatic N) is 1. The van der Waals surface area contributed by atoms with Gasteiger partial charge in [0.1, 0.15) is 12.0 Å². The average molecular weight is 169 g/mol. The molecule has 0 saturated carbocycles. The van der Waals surface area contributed by atoms with Gasteiger partial charge < -0.3 is 14.1 Å². The molecule has 0 radical (unpaired) electrons. The number of aldehydes is 1. The Morgan fingerprint density at radius 3 is 3.17 bits per heavy atom. The highest BCUT2D eigenvalue weighted by molar-refractivity contribution is 5.49. The molecule has 0 saturated heterocycles. The van der Waals surface area contributed by atoms with Crippen LogP contribution in [0.5, 0.6) is 5.88 Å². The predicted octanol–water partition coefficient (Wildman–Crippen LogP) is 1.20. The molecule has 66 valence electrons. The molecule has 0 atom stereocenters. The Balaban J connectivity index is 2.36. The summed E-state index contributed by atoms with van der Waals surface area (Å²) >= 11 is 0. The van der Waals surface area contributed by atoms with E-state index in [9.17, 15) is 4.79 Å². The minimum atomic E-state index is 0.483. The van der Waals surface area contributed by atoms with Crippen molar-refractivity contribution < 1.29 is 14.1 Å². The first-order chi connectivity index (χ1) is 5.86. The molecule has 1 aromatic rings. The number of unbranched alkanes of at least 4 members (excludes halogenated alkanes) is 1. The van der Waals surface area contributed by atoms with Crippen molar-refractivity contribution >= 4 is 6.29 Å². The lowest BCUT2D eigenvalue weighted by molar-refractivity contribution is -0.107. The van der Waals surface area contributed by atoms with Crippen LogP contribution in [-0.2, 0) is 11.2 Å². The second kappa shape index (κ2) is 4.54. The van der Waals surface area contributed by atoms with Gasteiger partial charge >= 0.3 is 0 Å². The fraction of sp³-hybridized carbons (Fsp3) is 0.500. The van der Waals surface area contributed by atoms with Crippen LogP contribution in [0.1, 0.15) is 18.6 Å². The zero-order chi connectivity index (χ0) is 8.81. The number of rotatable bonds is 5. The van der Waals surface area contributed by atoms with E-state index in [1.165, 1.54) is 7.11 Å². The first-order valence-corrected chi connectivity index (χ1v) is 3.80. The van der Waals surface area contributed by atoms with Crippen molar-refractivity contribution in [1.82, 2.24) is 5.16 Å². The van der Waals surface area contributed by atoms with Gasteiger partial charge in [-0.3, -0.25) is 0 Å². The van der Waals surface area contributed by atoms with Crippen LogP contribution >= 0.6 is 0 Å². The quantitative estimate of drug-likeness (QED) is 0.491. The van der Waals surface area contributed by atoms with Crippen molar-refractivity contribution in [3.05, 3.63) is 11.8 Å². The Labute approximate surface area is 70.5 Å². The van der Waals surface area contributed by atoms with Crippen molar-refractivity contribution in [2.24, 2.45) is 0 Å². The first-order valence-electron chi connectivity index (χ1n) is 3.80. The van der Waals surface area contributed by atoms with E-state index in [0.29, 0.717) is 12.3 Å². The van der Waals surface area contributed by atoms with Gasteiger partial charge in [0.15, 0.2) is 0 Å². The van der Waals surface area contributed by atoms with Gasteiger partial charge in [-0.25, -0.2) is 0 Å². The molecule has 1 heterocycles. The number of methoxy groups -OCH3 is 1. The maximum absolute atomic E-state index is 9.99. The average Bonchev–Trinajstić information content (AvgIpc) is 2.53. The van der Waals surface area contributed by atoms with E-state index in [2.05, 4.69) is 5.16 Å². The van der Waals surface area contributed by atoms with Gasteiger partial charge in [-0.2, -0.15) is 0 Å². The van der Waals surface area contributed by atoms with Gasteiger partial charge in [0.2, 0.25) is 0 Å². The summed E-state index contributed by atoms with van der Waals surface area (Å²) in [6.07, 6.45) is 2.98. The van der Waals surface area contributed by atoms with Gasteiger partial charge in [-0.05, 0) is 11.6 Å². The van der Waals surface area contributed by atoms with Crippen LogP contribution in [0.25, 0.3) is 0 Å². The van der Waals surface area contributed by atoms with E-state index in [-0.39, 0.29) is 0 Å². The van der Waals surface area contributed by atoms with E-state index >= 15 is 0 Å². The molecule has 0 fully saturated rings. The third kappa shape index (κ3) is 2.38. The minimum absolute atomic E-state index is 0.483. The summed E-state index contributed by atoms with van der Waals surface area (Å²) in [6, 6.07) is 1.73. The normalized spacial score (nSPS) is 9.75. The number of carbonyl (C=O) groups excluding carboxylic acids is 1. The van der Waals surface area contributed by atoms with E-state index in [4.69, 9.17) is 9.26 Å². The van der Waals surface area contributed by atoms with Crippen molar-refractivity contribution in [2.75, 3.05) is 7.11 Å². The molecule has 0 spiro atoms. The van der Waals surface area contributed by atoms with E-state index in [0.717, 1.165) is 24.9 Å². The van der Waals surface area contributed by atoms with Crippen molar-refractivity contribution in [3.63, 3.8) is 0 Å². The molecule has 0 aliphatic carbocycles. The molecular weight excluding hydrogens is 158 g/mol. The maximum atomic E-state index is 9.99. The van der Waals surface area contributed by atoms with Crippen LogP contribution in [0.15, 0.2) is 10.6 Å². The van der Waals surface area contributed by atoms with Gasteiger partial charge in [0.05, 0.1) is 7.11 Å². The van der Waals surface area contributed by atoms with Gasteiger partial charge in [-0.1, -0.05) is 0 Å². The largest absolute Gasteiger partial charge is 0.479 e. The van der Waals surface area contributed by atoms with Crippen LogP contribution < -0.4 is 4.74 Å².